The summed E-state index contributed by atoms with van der Waals surface area (Å²) in [6.45, 7) is 4.92. The van der Waals surface area contributed by atoms with Gasteiger partial charge in [-0.2, -0.15) is 5.26 Å². The van der Waals surface area contributed by atoms with E-state index >= 15 is 0 Å². The Balaban J connectivity index is 0.000000637. The van der Waals surface area contributed by atoms with Crippen molar-refractivity contribution in [2.75, 3.05) is 0 Å². The largest absolute Gasteiger partial charge is 0.334 e. The van der Waals surface area contributed by atoms with E-state index in [0.29, 0.717) is 0 Å². The molecule has 1 aliphatic rings. The normalized spacial score (nSPS) is 16.2. The van der Waals surface area contributed by atoms with Crippen molar-refractivity contribution in [1.82, 2.24) is 9.55 Å². The maximum absolute atomic E-state index is 13.6. The van der Waals surface area contributed by atoms with Gasteiger partial charge in [-0.15, -0.1) is 0 Å². The van der Waals surface area contributed by atoms with Crippen molar-refractivity contribution in [3.8, 4) is 6.07 Å². The van der Waals surface area contributed by atoms with E-state index < -0.39 is 5.82 Å². The number of halogens is 1. The van der Waals surface area contributed by atoms with Gasteiger partial charge in [-0.25, -0.2) is 9.37 Å². The standard InChI is InChI=1S/C13H10FN3.C2H6/c14-12-5-9(1-2-10(12)6-15)11-3-4-17-8-16-7-13(11)17;1-2/h1-2,5,7-8,11H,3-4H2;1-2H3. The smallest absolute Gasteiger partial charge is 0.141 e. The van der Waals surface area contributed by atoms with Crippen LogP contribution in [0.2, 0.25) is 0 Å². The molecule has 1 aromatic heterocycles. The van der Waals surface area contributed by atoms with Gasteiger partial charge < -0.3 is 4.57 Å². The highest BCUT2D eigenvalue weighted by Crippen LogP contribution is 2.34. The van der Waals surface area contributed by atoms with Gasteiger partial charge in [-0.1, -0.05) is 19.9 Å². The number of benzene rings is 1. The number of fused-ring (bicyclic) bond motifs is 1. The van der Waals surface area contributed by atoms with Gasteiger partial charge >= 0.3 is 0 Å². The van der Waals surface area contributed by atoms with E-state index in [0.717, 1.165) is 24.2 Å². The summed E-state index contributed by atoms with van der Waals surface area (Å²) in [5.74, 6) is -0.247. The van der Waals surface area contributed by atoms with Crippen molar-refractivity contribution in [2.45, 2.75) is 32.7 Å². The van der Waals surface area contributed by atoms with E-state index in [1.807, 2.05) is 32.2 Å². The van der Waals surface area contributed by atoms with Crippen LogP contribution >= 0.6 is 0 Å². The zero-order chi connectivity index (χ0) is 13.8. The Bertz CT molecular complexity index is 610. The molecule has 4 heteroatoms. The number of nitriles is 1. The molecular weight excluding hydrogens is 241 g/mol. The first-order chi connectivity index (χ1) is 9.29. The van der Waals surface area contributed by atoms with Crippen LogP contribution < -0.4 is 0 Å². The third-order valence-electron chi connectivity index (χ3n) is 3.28. The number of hydrogen-bond donors (Lipinski definition) is 0. The van der Waals surface area contributed by atoms with E-state index in [2.05, 4.69) is 9.55 Å². The third kappa shape index (κ3) is 2.37. The number of nitrogens with zero attached hydrogens (tertiary/aromatic N) is 3. The first-order valence-electron chi connectivity index (χ1n) is 6.49. The molecule has 0 amide bonds. The Morgan fingerprint density at radius 1 is 1.42 bits per heavy atom. The van der Waals surface area contributed by atoms with Crippen LogP contribution in [0, 0.1) is 17.1 Å². The van der Waals surface area contributed by atoms with Gasteiger partial charge in [0.1, 0.15) is 11.9 Å². The van der Waals surface area contributed by atoms with Crippen molar-refractivity contribution in [3.05, 3.63) is 53.4 Å². The lowest BCUT2D eigenvalue weighted by atomic mass is 9.94. The SMILES string of the molecule is CC.N#Cc1ccc(C2CCn3cncc32)cc1F. The van der Waals surface area contributed by atoms with Gasteiger partial charge in [0.2, 0.25) is 0 Å². The predicted molar refractivity (Wildman–Crippen MR) is 71.2 cm³/mol. The zero-order valence-electron chi connectivity index (χ0n) is 11.1. The average molecular weight is 257 g/mol. The molecule has 98 valence electrons. The number of hydrogen-bond acceptors (Lipinski definition) is 2. The van der Waals surface area contributed by atoms with Crippen molar-refractivity contribution >= 4 is 0 Å². The zero-order valence-corrected chi connectivity index (χ0v) is 11.1. The Hall–Kier alpha value is -2.15. The van der Waals surface area contributed by atoms with Gasteiger partial charge in [0.25, 0.3) is 0 Å². The highest BCUT2D eigenvalue weighted by Gasteiger charge is 2.24. The van der Waals surface area contributed by atoms with Crippen molar-refractivity contribution in [1.29, 1.82) is 5.26 Å². The molecule has 3 nitrogen and oxygen atoms in total. The minimum Gasteiger partial charge on any atom is -0.334 e. The van der Waals surface area contributed by atoms with E-state index in [1.165, 1.54) is 6.07 Å². The monoisotopic (exact) mass is 257 g/mol. The Morgan fingerprint density at radius 2 is 2.21 bits per heavy atom. The van der Waals surface area contributed by atoms with Crippen LogP contribution in [0.5, 0.6) is 0 Å². The maximum Gasteiger partial charge on any atom is 0.141 e. The van der Waals surface area contributed by atoms with Crippen LogP contribution in [-0.2, 0) is 6.54 Å². The summed E-state index contributed by atoms with van der Waals surface area (Å²) in [5, 5.41) is 8.70. The average Bonchev–Trinajstić information content (AvgIpc) is 3.03. The van der Waals surface area contributed by atoms with Crippen molar-refractivity contribution in [2.24, 2.45) is 0 Å². The molecular formula is C15H16FN3. The van der Waals surface area contributed by atoms with Crippen molar-refractivity contribution < 1.29 is 4.39 Å². The van der Waals surface area contributed by atoms with Gasteiger partial charge in [-0.3, -0.25) is 0 Å². The summed E-state index contributed by atoms with van der Waals surface area (Å²) in [5.41, 5.74) is 2.13. The second-order valence-corrected chi connectivity index (χ2v) is 4.20. The Morgan fingerprint density at radius 3 is 2.89 bits per heavy atom. The molecule has 0 radical (unpaired) electrons. The molecule has 3 rings (SSSR count). The maximum atomic E-state index is 13.6. The summed E-state index contributed by atoms with van der Waals surface area (Å²) in [7, 11) is 0. The number of rotatable bonds is 1. The lowest BCUT2D eigenvalue weighted by Gasteiger charge is -2.09. The molecule has 0 aliphatic carbocycles. The van der Waals surface area contributed by atoms with E-state index in [9.17, 15) is 4.39 Å². The van der Waals surface area contributed by atoms with Crippen LogP contribution in [0.4, 0.5) is 4.39 Å². The van der Waals surface area contributed by atoms with Crippen LogP contribution in [-0.4, -0.2) is 9.55 Å². The van der Waals surface area contributed by atoms with Crippen LogP contribution in [0.15, 0.2) is 30.7 Å². The fourth-order valence-electron chi connectivity index (χ4n) is 2.40. The van der Waals surface area contributed by atoms with Crippen LogP contribution in [0.1, 0.15) is 43.0 Å². The molecule has 0 saturated heterocycles. The molecule has 0 fully saturated rings. The van der Waals surface area contributed by atoms with Gasteiger partial charge in [0.05, 0.1) is 11.9 Å². The van der Waals surface area contributed by atoms with Crippen LogP contribution in [0.3, 0.4) is 0 Å². The second kappa shape index (κ2) is 5.66. The second-order valence-electron chi connectivity index (χ2n) is 4.20. The number of aromatic nitrogens is 2. The first-order valence-corrected chi connectivity index (χ1v) is 6.49. The Kier molecular flexibility index (Phi) is 3.96. The molecule has 2 aromatic rings. The molecule has 1 atom stereocenters. The molecule has 0 bridgehead atoms. The summed E-state index contributed by atoms with van der Waals surface area (Å²) in [6.07, 6.45) is 4.59. The summed E-state index contributed by atoms with van der Waals surface area (Å²) < 4.78 is 15.6. The van der Waals surface area contributed by atoms with Gasteiger partial charge in [0.15, 0.2) is 0 Å². The molecule has 1 unspecified atom stereocenters. The first kappa shape index (κ1) is 13.3. The quantitative estimate of drug-likeness (QED) is 0.785. The summed E-state index contributed by atoms with van der Waals surface area (Å²) >= 11 is 0. The lowest BCUT2D eigenvalue weighted by Crippen LogP contribution is -1.98. The van der Waals surface area contributed by atoms with Crippen molar-refractivity contribution in [3.63, 3.8) is 0 Å². The highest BCUT2D eigenvalue weighted by atomic mass is 19.1. The van der Waals surface area contributed by atoms with Gasteiger partial charge in [0, 0.05) is 24.4 Å². The summed E-state index contributed by atoms with van der Waals surface area (Å²) in [4.78, 5) is 4.09. The minimum atomic E-state index is -0.442. The lowest BCUT2D eigenvalue weighted by molar-refractivity contribution is 0.618. The number of aryl methyl sites for hydroxylation is 1. The minimum absolute atomic E-state index is 0.0975. The van der Waals surface area contributed by atoms with Crippen LogP contribution in [0.25, 0.3) is 0 Å². The Labute approximate surface area is 112 Å². The highest BCUT2D eigenvalue weighted by molar-refractivity contribution is 5.38. The molecule has 0 N–H and O–H groups in total. The molecule has 0 spiro atoms. The molecule has 0 saturated carbocycles. The molecule has 1 aliphatic heterocycles. The molecule has 19 heavy (non-hydrogen) atoms. The fraction of sp³-hybridized carbons (Fsp3) is 0.333. The molecule has 1 aromatic carbocycles. The number of imidazole rings is 1. The molecule has 2 heterocycles. The van der Waals surface area contributed by atoms with E-state index in [-0.39, 0.29) is 11.5 Å². The van der Waals surface area contributed by atoms with Gasteiger partial charge in [-0.05, 0) is 24.1 Å². The fourth-order valence-corrected chi connectivity index (χ4v) is 2.40. The van der Waals surface area contributed by atoms with E-state index in [1.54, 1.807) is 12.4 Å². The summed E-state index contributed by atoms with van der Waals surface area (Å²) in [6, 6.07) is 6.67. The third-order valence-corrected chi connectivity index (χ3v) is 3.28. The topological polar surface area (TPSA) is 41.6 Å². The predicted octanol–water partition coefficient (Wildman–Crippen LogP) is 3.46. The van der Waals surface area contributed by atoms with E-state index in [4.69, 9.17) is 5.26 Å².